The van der Waals surface area contributed by atoms with E-state index in [1.54, 1.807) is 31.2 Å². The number of ether oxygens (including phenoxy) is 2. The van der Waals surface area contributed by atoms with Crippen molar-refractivity contribution in [2.75, 3.05) is 13.2 Å². The van der Waals surface area contributed by atoms with Gasteiger partial charge in [0.05, 0.1) is 22.7 Å². The number of esters is 1. The first-order chi connectivity index (χ1) is 15.9. The summed E-state index contributed by atoms with van der Waals surface area (Å²) in [5.74, 6) is 0.229. The van der Waals surface area contributed by atoms with Gasteiger partial charge in [-0.2, -0.15) is 20.5 Å². The van der Waals surface area contributed by atoms with E-state index < -0.39 is 5.97 Å². The van der Waals surface area contributed by atoms with Crippen LogP contribution in [0.2, 0.25) is 0 Å². The Labute approximate surface area is 193 Å². The third-order valence-corrected chi connectivity index (χ3v) is 4.54. The van der Waals surface area contributed by atoms with Crippen molar-refractivity contribution in [2.45, 2.75) is 20.8 Å². The molecule has 3 rings (SSSR count). The molecule has 33 heavy (non-hydrogen) atoms. The number of aryl methyl sites for hydroxylation is 2. The maximum Gasteiger partial charge on any atom is 0.333 e. The zero-order valence-electron chi connectivity index (χ0n) is 19.0. The molecule has 0 saturated heterocycles. The standard InChI is InChI=1S/C26H26N4O3/c1-18(2)26(31)33-16-15-32-24-12-9-22(10-13-24)28-30-25-14-11-23(17-20(25)4)29-27-21-7-5-19(3)6-8-21/h5-14,17H,1,15-16H2,2-4H3. The van der Waals surface area contributed by atoms with Crippen LogP contribution in [0.1, 0.15) is 18.1 Å². The molecule has 0 bridgehead atoms. The van der Waals surface area contributed by atoms with Gasteiger partial charge in [-0.25, -0.2) is 4.79 Å². The molecule has 0 aromatic heterocycles. The van der Waals surface area contributed by atoms with Crippen molar-refractivity contribution in [1.29, 1.82) is 0 Å². The van der Waals surface area contributed by atoms with Crippen LogP contribution in [0.3, 0.4) is 0 Å². The molecule has 0 heterocycles. The lowest BCUT2D eigenvalue weighted by molar-refractivity contribution is -0.139. The third kappa shape index (κ3) is 7.50. The summed E-state index contributed by atoms with van der Waals surface area (Å²) in [4.78, 5) is 11.3. The average molecular weight is 443 g/mol. The van der Waals surface area contributed by atoms with Crippen molar-refractivity contribution in [1.82, 2.24) is 0 Å². The van der Waals surface area contributed by atoms with E-state index in [0.29, 0.717) is 17.0 Å². The van der Waals surface area contributed by atoms with Crippen molar-refractivity contribution in [3.8, 4) is 5.75 Å². The minimum Gasteiger partial charge on any atom is -0.490 e. The lowest BCUT2D eigenvalue weighted by atomic mass is 10.2. The Bertz CT molecular complexity index is 1170. The van der Waals surface area contributed by atoms with Gasteiger partial charge in [-0.3, -0.25) is 0 Å². The van der Waals surface area contributed by atoms with Crippen molar-refractivity contribution >= 4 is 28.7 Å². The normalized spacial score (nSPS) is 11.1. The fourth-order valence-electron chi connectivity index (χ4n) is 2.68. The first-order valence-electron chi connectivity index (χ1n) is 10.5. The Morgan fingerprint density at radius 2 is 1.36 bits per heavy atom. The van der Waals surface area contributed by atoms with Crippen molar-refractivity contribution in [3.63, 3.8) is 0 Å². The second-order valence-electron chi connectivity index (χ2n) is 7.46. The molecule has 0 saturated carbocycles. The fourth-order valence-corrected chi connectivity index (χ4v) is 2.68. The Morgan fingerprint density at radius 3 is 2.00 bits per heavy atom. The number of azo groups is 2. The van der Waals surface area contributed by atoms with E-state index in [4.69, 9.17) is 9.47 Å². The van der Waals surface area contributed by atoms with E-state index in [2.05, 4.69) is 27.0 Å². The van der Waals surface area contributed by atoms with Crippen LogP contribution in [0.15, 0.2) is 99.3 Å². The van der Waals surface area contributed by atoms with Crippen LogP contribution in [0, 0.1) is 13.8 Å². The van der Waals surface area contributed by atoms with Crippen LogP contribution in [0.5, 0.6) is 5.75 Å². The molecule has 7 nitrogen and oxygen atoms in total. The molecular weight excluding hydrogens is 416 g/mol. The van der Waals surface area contributed by atoms with Gasteiger partial charge in [0.25, 0.3) is 0 Å². The van der Waals surface area contributed by atoms with Gasteiger partial charge in [-0.1, -0.05) is 24.3 Å². The Hall–Kier alpha value is -4.13. The molecule has 0 amide bonds. The fraction of sp³-hybridized carbons (Fsp3) is 0.192. The van der Waals surface area contributed by atoms with Gasteiger partial charge in [0.15, 0.2) is 0 Å². The monoisotopic (exact) mass is 442 g/mol. The SMILES string of the molecule is C=C(C)C(=O)OCCOc1ccc(N=Nc2ccc(N=Nc3ccc(C)cc3)cc2C)cc1. The second kappa shape index (κ2) is 11.5. The quantitative estimate of drug-likeness (QED) is 0.148. The lowest BCUT2D eigenvalue weighted by Gasteiger charge is -2.07. The van der Waals surface area contributed by atoms with Crippen LogP contribution in [0.4, 0.5) is 22.7 Å². The van der Waals surface area contributed by atoms with Crippen molar-refractivity contribution in [2.24, 2.45) is 20.5 Å². The number of carbonyl (C=O) groups is 1. The molecule has 3 aromatic rings. The topological polar surface area (TPSA) is 85.0 Å². The highest BCUT2D eigenvalue weighted by molar-refractivity contribution is 5.86. The molecule has 7 heteroatoms. The molecule has 0 aliphatic rings. The molecule has 3 aromatic carbocycles. The van der Waals surface area contributed by atoms with E-state index in [1.807, 2.05) is 56.3 Å². The predicted octanol–water partition coefficient (Wildman–Crippen LogP) is 7.63. The zero-order chi connectivity index (χ0) is 23.6. The molecular formula is C26H26N4O3. The van der Waals surface area contributed by atoms with Crippen LogP contribution in [0.25, 0.3) is 0 Å². The second-order valence-corrected chi connectivity index (χ2v) is 7.46. The minimum atomic E-state index is -0.424. The Morgan fingerprint density at radius 1 is 0.788 bits per heavy atom. The van der Waals surface area contributed by atoms with Gasteiger partial charge in [-0.15, -0.1) is 0 Å². The van der Waals surface area contributed by atoms with E-state index in [9.17, 15) is 4.79 Å². The van der Waals surface area contributed by atoms with Crippen LogP contribution in [-0.2, 0) is 9.53 Å². The van der Waals surface area contributed by atoms with E-state index in [-0.39, 0.29) is 13.2 Å². The summed E-state index contributed by atoms with van der Waals surface area (Å²) in [5.41, 5.74) is 5.50. The smallest absolute Gasteiger partial charge is 0.333 e. The van der Waals surface area contributed by atoms with Crippen LogP contribution >= 0.6 is 0 Å². The van der Waals surface area contributed by atoms with Crippen LogP contribution in [-0.4, -0.2) is 19.2 Å². The third-order valence-electron chi connectivity index (χ3n) is 4.54. The molecule has 168 valence electrons. The summed E-state index contributed by atoms with van der Waals surface area (Å²) in [7, 11) is 0. The van der Waals surface area contributed by atoms with Gasteiger partial charge in [-0.05, 0) is 80.9 Å². The molecule has 0 unspecified atom stereocenters. The molecule has 0 N–H and O–H groups in total. The van der Waals surface area contributed by atoms with E-state index in [1.165, 1.54) is 5.56 Å². The summed E-state index contributed by atoms with van der Waals surface area (Å²) in [6, 6.07) is 20.7. The molecule has 0 fully saturated rings. The van der Waals surface area contributed by atoms with E-state index >= 15 is 0 Å². The van der Waals surface area contributed by atoms with Gasteiger partial charge in [0.2, 0.25) is 0 Å². The highest BCUT2D eigenvalue weighted by Crippen LogP contribution is 2.28. The maximum absolute atomic E-state index is 11.3. The molecule has 0 radical (unpaired) electrons. The summed E-state index contributed by atoms with van der Waals surface area (Å²) in [6.45, 7) is 9.54. The highest BCUT2D eigenvalue weighted by atomic mass is 16.6. The highest BCUT2D eigenvalue weighted by Gasteiger charge is 2.03. The first-order valence-corrected chi connectivity index (χ1v) is 10.5. The number of rotatable bonds is 9. The molecule has 0 atom stereocenters. The summed E-state index contributed by atoms with van der Waals surface area (Å²) in [5, 5.41) is 17.2. The lowest BCUT2D eigenvalue weighted by Crippen LogP contribution is -2.12. The Balaban J connectivity index is 1.54. The molecule has 0 spiro atoms. The van der Waals surface area contributed by atoms with Crippen molar-refractivity contribution < 1.29 is 14.3 Å². The summed E-state index contributed by atoms with van der Waals surface area (Å²) >= 11 is 0. The van der Waals surface area contributed by atoms with Gasteiger partial charge in [0, 0.05) is 5.57 Å². The largest absolute Gasteiger partial charge is 0.490 e. The van der Waals surface area contributed by atoms with Crippen molar-refractivity contribution in [3.05, 3.63) is 90.0 Å². The average Bonchev–Trinajstić information content (AvgIpc) is 2.81. The maximum atomic E-state index is 11.3. The number of benzene rings is 3. The molecule has 0 aliphatic heterocycles. The zero-order valence-corrected chi connectivity index (χ0v) is 19.0. The van der Waals surface area contributed by atoms with Gasteiger partial charge < -0.3 is 9.47 Å². The summed E-state index contributed by atoms with van der Waals surface area (Å²) in [6.07, 6.45) is 0. The Kier molecular flexibility index (Phi) is 8.18. The van der Waals surface area contributed by atoms with Crippen LogP contribution < -0.4 is 4.74 Å². The predicted molar refractivity (Wildman–Crippen MR) is 128 cm³/mol. The number of hydrogen-bond acceptors (Lipinski definition) is 7. The van der Waals surface area contributed by atoms with Gasteiger partial charge >= 0.3 is 5.97 Å². The molecule has 0 aliphatic carbocycles. The van der Waals surface area contributed by atoms with Gasteiger partial charge in [0.1, 0.15) is 19.0 Å². The first kappa shape index (κ1) is 23.5. The number of carbonyl (C=O) groups excluding carboxylic acids is 1. The summed E-state index contributed by atoms with van der Waals surface area (Å²) < 4.78 is 10.5. The minimum absolute atomic E-state index is 0.160. The number of hydrogen-bond donors (Lipinski definition) is 0. The van der Waals surface area contributed by atoms with E-state index in [0.717, 1.165) is 22.6 Å². The number of nitrogens with zero attached hydrogens (tertiary/aromatic N) is 4.